The molecule has 1 atom stereocenters. The number of alkyl halides is 1. The first-order chi connectivity index (χ1) is 7.58. The minimum Gasteiger partial charge on any atom is -0.494 e. The summed E-state index contributed by atoms with van der Waals surface area (Å²) in [7, 11) is 0. The minimum atomic E-state index is -0.349. The van der Waals surface area contributed by atoms with Crippen molar-refractivity contribution in [3.05, 3.63) is 29.3 Å². The zero-order valence-electron chi connectivity index (χ0n) is 9.37. The average Bonchev–Trinajstić information content (AvgIpc) is 2.27. The van der Waals surface area contributed by atoms with Crippen molar-refractivity contribution < 1.29 is 14.6 Å². The van der Waals surface area contributed by atoms with Crippen molar-refractivity contribution >= 4 is 21.7 Å². The number of rotatable bonds is 5. The van der Waals surface area contributed by atoms with E-state index in [4.69, 9.17) is 9.84 Å². The Labute approximate surface area is 104 Å². The van der Waals surface area contributed by atoms with Gasteiger partial charge in [0.2, 0.25) is 0 Å². The van der Waals surface area contributed by atoms with E-state index in [1.165, 1.54) is 6.92 Å². The Morgan fingerprint density at radius 3 is 2.69 bits per heavy atom. The first kappa shape index (κ1) is 13.2. The van der Waals surface area contributed by atoms with E-state index < -0.39 is 0 Å². The predicted molar refractivity (Wildman–Crippen MR) is 65.9 cm³/mol. The van der Waals surface area contributed by atoms with Crippen LogP contribution in [0, 0.1) is 0 Å². The monoisotopic (exact) mass is 286 g/mol. The third kappa shape index (κ3) is 3.32. The fourth-order valence-corrected chi connectivity index (χ4v) is 1.67. The second-order valence-corrected chi connectivity index (χ2v) is 4.39. The van der Waals surface area contributed by atoms with Crippen LogP contribution < -0.4 is 4.74 Å². The van der Waals surface area contributed by atoms with Crippen LogP contribution in [0.5, 0.6) is 5.75 Å². The molecule has 1 aromatic carbocycles. The van der Waals surface area contributed by atoms with E-state index in [0.29, 0.717) is 12.4 Å². The van der Waals surface area contributed by atoms with Crippen molar-refractivity contribution in [1.29, 1.82) is 0 Å². The van der Waals surface area contributed by atoms with Gasteiger partial charge in [0.05, 0.1) is 18.0 Å². The summed E-state index contributed by atoms with van der Waals surface area (Å²) < 4.78 is 5.38. The number of hydrogen-bond donors (Lipinski definition) is 1. The molecule has 0 fully saturated rings. The number of carbonyl (C=O) groups is 1. The quantitative estimate of drug-likeness (QED) is 0.847. The summed E-state index contributed by atoms with van der Waals surface area (Å²) >= 11 is 3.31. The van der Waals surface area contributed by atoms with Crippen LogP contribution in [0.4, 0.5) is 0 Å². The van der Waals surface area contributed by atoms with Crippen LogP contribution in [0.3, 0.4) is 0 Å². The largest absolute Gasteiger partial charge is 0.494 e. The SMILES string of the molecule is CCOc1cc(CO)cc(C(Br)C(C)=O)c1. The van der Waals surface area contributed by atoms with Crippen LogP contribution in [-0.2, 0) is 11.4 Å². The molecule has 0 saturated heterocycles. The fraction of sp³-hybridized carbons (Fsp3) is 0.417. The molecule has 0 saturated carbocycles. The Bertz CT molecular complexity index is 377. The van der Waals surface area contributed by atoms with Gasteiger partial charge >= 0.3 is 0 Å². The number of ketones is 1. The highest BCUT2D eigenvalue weighted by Gasteiger charge is 2.14. The Morgan fingerprint density at radius 1 is 1.50 bits per heavy atom. The summed E-state index contributed by atoms with van der Waals surface area (Å²) in [5, 5.41) is 9.12. The average molecular weight is 287 g/mol. The van der Waals surface area contributed by atoms with Gasteiger partial charge in [-0.15, -0.1) is 0 Å². The summed E-state index contributed by atoms with van der Waals surface area (Å²) in [4.78, 5) is 10.9. The third-order valence-corrected chi connectivity index (χ3v) is 3.31. The molecule has 1 N–H and O–H groups in total. The van der Waals surface area contributed by atoms with Crippen molar-refractivity contribution in [2.75, 3.05) is 6.61 Å². The molecule has 0 bridgehead atoms. The molecule has 16 heavy (non-hydrogen) atoms. The molecular weight excluding hydrogens is 272 g/mol. The number of aliphatic hydroxyl groups is 1. The van der Waals surface area contributed by atoms with Gasteiger partial charge in [-0.2, -0.15) is 0 Å². The Balaban J connectivity index is 3.08. The van der Waals surface area contributed by atoms with Gasteiger partial charge in [-0.05, 0) is 37.1 Å². The van der Waals surface area contributed by atoms with Gasteiger partial charge in [-0.3, -0.25) is 4.79 Å². The lowest BCUT2D eigenvalue weighted by Crippen LogP contribution is -2.03. The second-order valence-electron chi connectivity index (χ2n) is 3.47. The van der Waals surface area contributed by atoms with Crippen molar-refractivity contribution in [3.63, 3.8) is 0 Å². The molecular formula is C12H15BrO3. The first-order valence-corrected chi connectivity index (χ1v) is 6.02. The molecule has 4 heteroatoms. The smallest absolute Gasteiger partial charge is 0.147 e. The second kappa shape index (κ2) is 6.01. The van der Waals surface area contributed by atoms with Crippen molar-refractivity contribution in [3.8, 4) is 5.75 Å². The normalized spacial score (nSPS) is 12.2. The van der Waals surface area contributed by atoms with Crippen LogP contribution in [0.1, 0.15) is 29.8 Å². The molecule has 0 amide bonds. The van der Waals surface area contributed by atoms with Crippen LogP contribution in [-0.4, -0.2) is 17.5 Å². The molecule has 3 nitrogen and oxygen atoms in total. The Hall–Kier alpha value is -0.870. The molecule has 0 aromatic heterocycles. The van der Waals surface area contributed by atoms with Crippen molar-refractivity contribution in [2.24, 2.45) is 0 Å². The number of hydrogen-bond acceptors (Lipinski definition) is 3. The van der Waals surface area contributed by atoms with Gasteiger partial charge < -0.3 is 9.84 Å². The zero-order chi connectivity index (χ0) is 12.1. The fourth-order valence-electron chi connectivity index (χ4n) is 1.41. The zero-order valence-corrected chi connectivity index (χ0v) is 11.0. The standard InChI is InChI=1S/C12H15BrO3/c1-3-16-11-5-9(7-14)4-10(6-11)12(13)8(2)15/h4-6,12,14H,3,7H2,1-2H3. The van der Waals surface area contributed by atoms with Crippen molar-refractivity contribution in [2.45, 2.75) is 25.3 Å². The maximum Gasteiger partial charge on any atom is 0.147 e. The van der Waals surface area contributed by atoms with Gasteiger partial charge in [0.15, 0.2) is 0 Å². The molecule has 0 aliphatic heterocycles. The number of Topliss-reactive ketones (excluding diaryl/α,β-unsaturated/α-hetero) is 1. The highest BCUT2D eigenvalue weighted by Crippen LogP contribution is 2.28. The molecule has 0 radical (unpaired) electrons. The Morgan fingerprint density at radius 2 is 2.19 bits per heavy atom. The molecule has 0 spiro atoms. The number of carbonyl (C=O) groups excluding carboxylic acids is 1. The van der Waals surface area contributed by atoms with Crippen LogP contribution in [0.15, 0.2) is 18.2 Å². The molecule has 1 unspecified atom stereocenters. The third-order valence-electron chi connectivity index (χ3n) is 2.13. The molecule has 88 valence electrons. The predicted octanol–water partition coefficient (Wildman–Crippen LogP) is 2.60. The summed E-state index contributed by atoms with van der Waals surface area (Å²) in [6, 6.07) is 5.37. The topological polar surface area (TPSA) is 46.5 Å². The summed E-state index contributed by atoms with van der Waals surface area (Å²) in [6.07, 6.45) is 0. The number of halogens is 1. The van der Waals surface area contributed by atoms with E-state index in [9.17, 15) is 4.79 Å². The number of benzene rings is 1. The highest BCUT2D eigenvalue weighted by molar-refractivity contribution is 9.09. The lowest BCUT2D eigenvalue weighted by atomic mass is 10.1. The van der Waals surface area contributed by atoms with Crippen LogP contribution >= 0.6 is 15.9 Å². The number of ether oxygens (including phenoxy) is 1. The van der Waals surface area contributed by atoms with E-state index in [-0.39, 0.29) is 17.2 Å². The van der Waals surface area contributed by atoms with Crippen molar-refractivity contribution in [1.82, 2.24) is 0 Å². The summed E-state index contributed by atoms with van der Waals surface area (Å²) in [5.74, 6) is 0.701. The maximum absolute atomic E-state index is 11.3. The van der Waals surface area contributed by atoms with Gasteiger partial charge in [-0.1, -0.05) is 22.0 Å². The van der Waals surface area contributed by atoms with E-state index in [1.807, 2.05) is 13.0 Å². The van der Waals surface area contributed by atoms with E-state index in [1.54, 1.807) is 12.1 Å². The maximum atomic E-state index is 11.3. The molecule has 1 rings (SSSR count). The Kier molecular flexibility index (Phi) is 4.96. The lowest BCUT2D eigenvalue weighted by Gasteiger charge is -2.11. The van der Waals surface area contributed by atoms with E-state index >= 15 is 0 Å². The minimum absolute atomic E-state index is 0.0255. The van der Waals surface area contributed by atoms with Gasteiger partial charge in [-0.25, -0.2) is 0 Å². The highest BCUT2D eigenvalue weighted by atomic mass is 79.9. The molecule has 0 heterocycles. The molecule has 0 aliphatic rings. The summed E-state index contributed by atoms with van der Waals surface area (Å²) in [5.41, 5.74) is 1.55. The molecule has 0 aliphatic carbocycles. The molecule has 1 aromatic rings. The van der Waals surface area contributed by atoms with E-state index in [0.717, 1.165) is 11.1 Å². The summed E-state index contributed by atoms with van der Waals surface area (Å²) in [6.45, 7) is 3.90. The van der Waals surface area contributed by atoms with Crippen LogP contribution in [0.2, 0.25) is 0 Å². The first-order valence-electron chi connectivity index (χ1n) is 5.10. The van der Waals surface area contributed by atoms with E-state index in [2.05, 4.69) is 15.9 Å². The van der Waals surface area contributed by atoms with Gasteiger partial charge in [0.25, 0.3) is 0 Å². The van der Waals surface area contributed by atoms with Crippen LogP contribution in [0.25, 0.3) is 0 Å². The van der Waals surface area contributed by atoms with Gasteiger partial charge in [0.1, 0.15) is 11.5 Å². The number of aliphatic hydroxyl groups excluding tert-OH is 1. The van der Waals surface area contributed by atoms with Gasteiger partial charge in [0, 0.05) is 0 Å². The lowest BCUT2D eigenvalue weighted by molar-refractivity contribution is -0.116.